The molecule has 0 aromatic carbocycles. The van der Waals surface area contributed by atoms with Crippen LogP contribution in [0.4, 0.5) is 0 Å². The standard InChI is InChI=1S/C12H22N2O/c1-2-12(15)14-7-3-4-11(9-14)13-8-10-5-6-10/h10-11,13H,2-9H2,1H3. The van der Waals surface area contributed by atoms with Crippen LogP contribution in [-0.2, 0) is 4.79 Å². The van der Waals surface area contributed by atoms with Crippen molar-refractivity contribution >= 4 is 5.91 Å². The molecule has 1 atom stereocenters. The average molecular weight is 210 g/mol. The van der Waals surface area contributed by atoms with Crippen LogP contribution in [-0.4, -0.2) is 36.5 Å². The Labute approximate surface area is 92.2 Å². The van der Waals surface area contributed by atoms with Crippen LogP contribution in [0.25, 0.3) is 0 Å². The third kappa shape index (κ3) is 3.20. The second-order valence-corrected chi connectivity index (χ2v) is 4.88. The fourth-order valence-corrected chi connectivity index (χ4v) is 2.25. The molecule has 1 amide bonds. The van der Waals surface area contributed by atoms with Crippen molar-refractivity contribution in [3.8, 4) is 0 Å². The molecule has 1 saturated carbocycles. The number of hydrogen-bond acceptors (Lipinski definition) is 2. The maximum absolute atomic E-state index is 11.6. The predicted octanol–water partition coefficient (Wildman–Crippen LogP) is 1.39. The van der Waals surface area contributed by atoms with Gasteiger partial charge in [-0.1, -0.05) is 6.92 Å². The number of rotatable bonds is 4. The molecule has 1 aliphatic carbocycles. The number of nitrogens with zero attached hydrogens (tertiary/aromatic N) is 1. The highest BCUT2D eigenvalue weighted by atomic mass is 16.2. The minimum absolute atomic E-state index is 0.313. The number of piperidine rings is 1. The molecule has 3 nitrogen and oxygen atoms in total. The molecule has 2 fully saturated rings. The summed E-state index contributed by atoms with van der Waals surface area (Å²) < 4.78 is 0. The first-order valence-corrected chi connectivity index (χ1v) is 6.30. The summed E-state index contributed by atoms with van der Waals surface area (Å²) in [7, 11) is 0. The van der Waals surface area contributed by atoms with Crippen LogP contribution >= 0.6 is 0 Å². The van der Waals surface area contributed by atoms with Crippen molar-refractivity contribution < 1.29 is 4.79 Å². The van der Waals surface area contributed by atoms with Gasteiger partial charge in [0.2, 0.25) is 5.91 Å². The molecule has 2 aliphatic rings. The fourth-order valence-electron chi connectivity index (χ4n) is 2.25. The van der Waals surface area contributed by atoms with E-state index >= 15 is 0 Å². The first-order chi connectivity index (χ1) is 7.29. The zero-order valence-corrected chi connectivity index (χ0v) is 9.67. The fraction of sp³-hybridized carbons (Fsp3) is 0.917. The minimum atomic E-state index is 0.313. The van der Waals surface area contributed by atoms with Crippen LogP contribution in [0.3, 0.4) is 0 Å². The average Bonchev–Trinajstić information content (AvgIpc) is 3.09. The van der Waals surface area contributed by atoms with Crippen molar-refractivity contribution in [1.82, 2.24) is 10.2 Å². The molecule has 0 bridgehead atoms. The summed E-state index contributed by atoms with van der Waals surface area (Å²) in [5, 5.41) is 3.60. The Kier molecular flexibility index (Phi) is 3.62. The second kappa shape index (κ2) is 4.97. The molecule has 86 valence electrons. The van der Waals surface area contributed by atoms with Gasteiger partial charge in [-0.05, 0) is 38.1 Å². The van der Waals surface area contributed by atoms with E-state index in [4.69, 9.17) is 0 Å². The van der Waals surface area contributed by atoms with E-state index in [9.17, 15) is 4.79 Å². The Morgan fingerprint density at radius 2 is 2.20 bits per heavy atom. The van der Waals surface area contributed by atoms with E-state index in [2.05, 4.69) is 5.32 Å². The number of carbonyl (C=O) groups excluding carboxylic acids is 1. The van der Waals surface area contributed by atoms with E-state index in [1.807, 2.05) is 11.8 Å². The molecule has 1 saturated heterocycles. The molecule has 0 spiro atoms. The van der Waals surface area contributed by atoms with Gasteiger partial charge in [0, 0.05) is 25.6 Å². The number of amides is 1. The van der Waals surface area contributed by atoms with Crippen molar-refractivity contribution in [2.24, 2.45) is 5.92 Å². The normalized spacial score (nSPS) is 26.7. The second-order valence-electron chi connectivity index (χ2n) is 4.88. The van der Waals surface area contributed by atoms with E-state index in [0.717, 1.165) is 25.4 Å². The Balaban J connectivity index is 1.72. The minimum Gasteiger partial charge on any atom is -0.341 e. The molecule has 0 aromatic rings. The van der Waals surface area contributed by atoms with E-state index < -0.39 is 0 Å². The topological polar surface area (TPSA) is 32.3 Å². The van der Waals surface area contributed by atoms with E-state index in [0.29, 0.717) is 18.4 Å². The lowest BCUT2D eigenvalue weighted by Crippen LogP contribution is -2.48. The van der Waals surface area contributed by atoms with Gasteiger partial charge in [0.1, 0.15) is 0 Å². The predicted molar refractivity (Wildman–Crippen MR) is 60.6 cm³/mol. The van der Waals surface area contributed by atoms with Crippen molar-refractivity contribution in [1.29, 1.82) is 0 Å². The highest BCUT2D eigenvalue weighted by Gasteiger charge is 2.25. The number of carbonyl (C=O) groups is 1. The number of nitrogens with one attached hydrogen (secondary N) is 1. The van der Waals surface area contributed by atoms with Crippen LogP contribution < -0.4 is 5.32 Å². The quantitative estimate of drug-likeness (QED) is 0.760. The Hall–Kier alpha value is -0.570. The van der Waals surface area contributed by atoms with E-state index in [-0.39, 0.29) is 0 Å². The zero-order chi connectivity index (χ0) is 10.7. The highest BCUT2D eigenvalue weighted by molar-refractivity contribution is 5.75. The van der Waals surface area contributed by atoms with Gasteiger partial charge in [0.15, 0.2) is 0 Å². The lowest BCUT2D eigenvalue weighted by Gasteiger charge is -2.33. The van der Waals surface area contributed by atoms with Crippen LogP contribution in [0, 0.1) is 5.92 Å². The van der Waals surface area contributed by atoms with Gasteiger partial charge in [-0.3, -0.25) is 4.79 Å². The third-order valence-corrected chi connectivity index (χ3v) is 3.47. The maximum atomic E-state index is 11.6. The van der Waals surface area contributed by atoms with Crippen molar-refractivity contribution in [3.05, 3.63) is 0 Å². The molecule has 0 aromatic heterocycles. The monoisotopic (exact) mass is 210 g/mol. The Bertz CT molecular complexity index is 226. The molecule has 15 heavy (non-hydrogen) atoms. The van der Waals surface area contributed by atoms with Crippen LogP contribution in [0.15, 0.2) is 0 Å². The van der Waals surface area contributed by atoms with Crippen LogP contribution in [0.1, 0.15) is 39.0 Å². The van der Waals surface area contributed by atoms with Gasteiger partial charge in [-0.15, -0.1) is 0 Å². The van der Waals surface area contributed by atoms with Gasteiger partial charge >= 0.3 is 0 Å². The summed E-state index contributed by atoms with van der Waals surface area (Å²) >= 11 is 0. The van der Waals surface area contributed by atoms with Crippen molar-refractivity contribution in [2.45, 2.75) is 45.1 Å². The number of hydrogen-bond donors (Lipinski definition) is 1. The molecule has 1 heterocycles. The summed E-state index contributed by atoms with van der Waals surface area (Å²) in [4.78, 5) is 13.6. The lowest BCUT2D eigenvalue weighted by atomic mass is 10.1. The SMILES string of the molecule is CCC(=O)N1CCCC(NCC2CC2)C1. The van der Waals surface area contributed by atoms with Gasteiger partial charge in [-0.25, -0.2) is 0 Å². The van der Waals surface area contributed by atoms with E-state index in [1.54, 1.807) is 0 Å². The summed E-state index contributed by atoms with van der Waals surface area (Å²) in [5.74, 6) is 1.25. The van der Waals surface area contributed by atoms with Gasteiger partial charge in [0.25, 0.3) is 0 Å². The van der Waals surface area contributed by atoms with Gasteiger partial charge < -0.3 is 10.2 Å². The highest BCUT2D eigenvalue weighted by Crippen LogP contribution is 2.28. The Morgan fingerprint density at radius 3 is 2.87 bits per heavy atom. The molecule has 1 aliphatic heterocycles. The first-order valence-electron chi connectivity index (χ1n) is 6.30. The molecular formula is C12H22N2O. The van der Waals surface area contributed by atoms with Crippen molar-refractivity contribution in [2.75, 3.05) is 19.6 Å². The smallest absolute Gasteiger partial charge is 0.222 e. The summed E-state index contributed by atoms with van der Waals surface area (Å²) in [6, 6.07) is 0.551. The van der Waals surface area contributed by atoms with Crippen LogP contribution in [0.2, 0.25) is 0 Å². The largest absolute Gasteiger partial charge is 0.341 e. The first kappa shape index (κ1) is 10.9. The van der Waals surface area contributed by atoms with Gasteiger partial charge in [0.05, 0.1) is 0 Å². The molecule has 2 rings (SSSR count). The molecule has 3 heteroatoms. The molecule has 1 unspecified atom stereocenters. The zero-order valence-electron chi connectivity index (χ0n) is 9.67. The lowest BCUT2D eigenvalue weighted by molar-refractivity contribution is -0.132. The molecular weight excluding hydrogens is 188 g/mol. The maximum Gasteiger partial charge on any atom is 0.222 e. The molecule has 1 N–H and O–H groups in total. The van der Waals surface area contributed by atoms with Crippen molar-refractivity contribution in [3.63, 3.8) is 0 Å². The number of likely N-dealkylation sites (tertiary alicyclic amines) is 1. The third-order valence-electron chi connectivity index (χ3n) is 3.47. The summed E-state index contributed by atoms with van der Waals surface area (Å²) in [5.41, 5.74) is 0. The summed E-state index contributed by atoms with van der Waals surface area (Å²) in [6.07, 6.45) is 5.85. The van der Waals surface area contributed by atoms with Crippen LogP contribution in [0.5, 0.6) is 0 Å². The Morgan fingerprint density at radius 1 is 1.40 bits per heavy atom. The van der Waals surface area contributed by atoms with Gasteiger partial charge in [-0.2, -0.15) is 0 Å². The molecule has 0 radical (unpaired) electrons. The van der Waals surface area contributed by atoms with E-state index in [1.165, 1.54) is 25.8 Å². The summed E-state index contributed by atoms with van der Waals surface area (Å²) in [6.45, 7) is 5.01.